The third kappa shape index (κ3) is 1.49. The fourth-order valence-corrected chi connectivity index (χ4v) is 1.20. The normalized spacial score (nSPS) is 15.3. The van der Waals surface area contributed by atoms with Crippen molar-refractivity contribution in [2.24, 2.45) is 0 Å². The van der Waals surface area contributed by atoms with E-state index in [4.69, 9.17) is 15.3 Å². The zero-order valence-electron chi connectivity index (χ0n) is 6.85. The van der Waals surface area contributed by atoms with Gasteiger partial charge in [0.1, 0.15) is 0 Å². The molecule has 0 saturated carbocycles. The van der Waals surface area contributed by atoms with Crippen LogP contribution in [0.25, 0.3) is 0 Å². The largest absolute Gasteiger partial charge is 0.478 e. The second-order valence-corrected chi connectivity index (χ2v) is 2.59. The Hall–Kier alpha value is -2.11. The average Bonchev–Trinajstić information content (AvgIpc) is 2.46. The summed E-state index contributed by atoms with van der Waals surface area (Å²) in [5, 5.41) is 25.8. The Morgan fingerprint density at radius 3 is 1.93 bits per heavy atom. The first kappa shape index (κ1) is 9.97. The number of allylic oxidation sites excluding steroid dienone is 1. The van der Waals surface area contributed by atoms with Gasteiger partial charge in [-0.1, -0.05) is 6.08 Å². The lowest BCUT2D eigenvalue weighted by Gasteiger charge is -1.99. The second kappa shape index (κ2) is 3.33. The fraction of sp³-hybridized carbons (Fsp3) is 0.125. The van der Waals surface area contributed by atoms with E-state index in [0.29, 0.717) is 0 Å². The van der Waals surface area contributed by atoms with Crippen molar-refractivity contribution in [3.05, 3.63) is 22.8 Å². The van der Waals surface area contributed by atoms with Gasteiger partial charge >= 0.3 is 17.9 Å². The molecule has 0 aromatic carbocycles. The molecule has 1 aliphatic carbocycles. The van der Waals surface area contributed by atoms with Gasteiger partial charge in [-0.2, -0.15) is 0 Å². The molecule has 1 rings (SSSR count). The van der Waals surface area contributed by atoms with E-state index >= 15 is 0 Å². The third-order valence-corrected chi connectivity index (χ3v) is 1.78. The molecule has 3 N–H and O–H groups in total. The highest BCUT2D eigenvalue weighted by atomic mass is 16.4. The topological polar surface area (TPSA) is 112 Å². The minimum absolute atomic E-state index is 0.168. The summed E-state index contributed by atoms with van der Waals surface area (Å²) >= 11 is 0. The summed E-state index contributed by atoms with van der Waals surface area (Å²) < 4.78 is 0. The summed E-state index contributed by atoms with van der Waals surface area (Å²) in [4.78, 5) is 31.7. The van der Waals surface area contributed by atoms with Crippen molar-refractivity contribution in [1.29, 1.82) is 0 Å². The van der Waals surface area contributed by atoms with E-state index in [-0.39, 0.29) is 6.42 Å². The molecule has 0 radical (unpaired) electrons. The monoisotopic (exact) mass is 198 g/mol. The Morgan fingerprint density at radius 2 is 1.57 bits per heavy atom. The molecule has 0 spiro atoms. The van der Waals surface area contributed by atoms with Crippen LogP contribution >= 0.6 is 0 Å². The van der Waals surface area contributed by atoms with Crippen molar-refractivity contribution in [2.75, 3.05) is 0 Å². The number of hydrogen-bond donors (Lipinski definition) is 3. The van der Waals surface area contributed by atoms with Gasteiger partial charge in [0.15, 0.2) is 0 Å². The summed E-state index contributed by atoms with van der Waals surface area (Å²) in [5.74, 6) is -4.37. The molecule has 14 heavy (non-hydrogen) atoms. The molecular formula is C8H6O6. The highest BCUT2D eigenvalue weighted by Gasteiger charge is 2.31. The molecule has 6 heteroatoms. The molecule has 0 aromatic rings. The minimum Gasteiger partial charge on any atom is -0.478 e. The van der Waals surface area contributed by atoms with Crippen LogP contribution in [0.5, 0.6) is 0 Å². The van der Waals surface area contributed by atoms with Crippen molar-refractivity contribution in [1.82, 2.24) is 0 Å². The van der Waals surface area contributed by atoms with Crippen molar-refractivity contribution in [2.45, 2.75) is 6.42 Å². The van der Waals surface area contributed by atoms with Gasteiger partial charge in [-0.25, -0.2) is 14.4 Å². The SMILES string of the molecule is O=C(O)C1=CCC(C(=O)O)=C1C(=O)O. The van der Waals surface area contributed by atoms with Crippen molar-refractivity contribution >= 4 is 17.9 Å². The number of aliphatic carboxylic acids is 3. The van der Waals surface area contributed by atoms with E-state index in [1.807, 2.05) is 0 Å². The third-order valence-electron chi connectivity index (χ3n) is 1.78. The lowest BCUT2D eigenvalue weighted by atomic mass is 10.1. The standard InChI is InChI=1S/C8H6O6/c9-6(10)3-1-2-4(7(11)12)5(3)8(13)14/h1H,2H2,(H,9,10)(H,11,12)(H,13,14). The van der Waals surface area contributed by atoms with Crippen molar-refractivity contribution < 1.29 is 29.7 Å². The summed E-state index contributed by atoms with van der Waals surface area (Å²) in [6.07, 6.45) is 0.911. The first-order valence-electron chi connectivity index (χ1n) is 3.58. The van der Waals surface area contributed by atoms with Crippen LogP contribution in [0.15, 0.2) is 22.8 Å². The average molecular weight is 198 g/mol. The number of carbonyl (C=O) groups is 3. The summed E-state index contributed by atoms with van der Waals surface area (Å²) in [5.41, 5.74) is -1.49. The first-order valence-corrected chi connectivity index (χ1v) is 3.58. The van der Waals surface area contributed by atoms with Gasteiger partial charge in [-0.3, -0.25) is 0 Å². The maximum absolute atomic E-state index is 10.6. The number of hydrogen-bond acceptors (Lipinski definition) is 3. The molecular weight excluding hydrogens is 192 g/mol. The van der Waals surface area contributed by atoms with Crippen LogP contribution in [0.4, 0.5) is 0 Å². The van der Waals surface area contributed by atoms with E-state index in [0.717, 1.165) is 6.08 Å². The Balaban J connectivity index is 3.24. The molecule has 74 valence electrons. The minimum atomic E-state index is -1.53. The Bertz CT molecular complexity index is 387. The van der Waals surface area contributed by atoms with Gasteiger partial charge in [0.2, 0.25) is 0 Å². The van der Waals surface area contributed by atoms with Crippen LogP contribution in [0.2, 0.25) is 0 Å². The summed E-state index contributed by atoms with van der Waals surface area (Å²) in [6, 6.07) is 0. The molecule has 0 fully saturated rings. The molecule has 0 atom stereocenters. The maximum atomic E-state index is 10.6. The molecule has 0 aliphatic heterocycles. The lowest BCUT2D eigenvalue weighted by Crippen LogP contribution is -2.13. The predicted molar refractivity (Wildman–Crippen MR) is 42.6 cm³/mol. The van der Waals surface area contributed by atoms with Gasteiger partial charge in [0.25, 0.3) is 0 Å². The van der Waals surface area contributed by atoms with Gasteiger partial charge in [-0.15, -0.1) is 0 Å². The van der Waals surface area contributed by atoms with E-state index in [1.165, 1.54) is 0 Å². The van der Waals surface area contributed by atoms with Crippen LogP contribution in [0.1, 0.15) is 6.42 Å². The van der Waals surface area contributed by atoms with Crippen LogP contribution < -0.4 is 0 Å². The van der Waals surface area contributed by atoms with Gasteiger partial charge in [-0.05, 0) is 6.42 Å². The highest BCUT2D eigenvalue weighted by molar-refractivity contribution is 6.12. The van der Waals surface area contributed by atoms with Crippen LogP contribution in [-0.2, 0) is 14.4 Å². The molecule has 0 amide bonds. The van der Waals surface area contributed by atoms with Gasteiger partial charge < -0.3 is 15.3 Å². The number of rotatable bonds is 3. The van der Waals surface area contributed by atoms with E-state index < -0.39 is 34.6 Å². The Morgan fingerprint density at radius 1 is 1.00 bits per heavy atom. The maximum Gasteiger partial charge on any atom is 0.337 e. The molecule has 0 unspecified atom stereocenters. The number of carboxylic acids is 3. The number of carboxylic acid groups (broad SMARTS) is 3. The molecule has 6 nitrogen and oxygen atoms in total. The lowest BCUT2D eigenvalue weighted by molar-refractivity contribution is -0.137. The molecule has 0 aromatic heterocycles. The van der Waals surface area contributed by atoms with E-state index in [1.54, 1.807) is 0 Å². The van der Waals surface area contributed by atoms with Crippen LogP contribution in [0.3, 0.4) is 0 Å². The summed E-state index contributed by atoms with van der Waals surface area (Å²) in [6.45, 7) is 0. The fourth-order valence-electron chi connectivity index (χ4n) is 1.20. The zero-order chi connectivity index (χ0) is 10.9. The second-order valence-electron chi connectivity index (χ2n) is 2.59. The Kier molecular flexibility index (Phi) is 2.37. The van der Waals surface area contributed by atoms with E-state index in [2.05, 4.69) is 0 Å². The molecule has 0 saturated heterocycles. The predicted octanol–water partition coefficient (Wildman–Crippen LogP) is -0.133. The highest BCUT2D eigenvalue weighted by Crippen LogP contribution is 2.26. The Labute approximate surface area is 77.8 Å². The smallest absolute Gasteiger partial charge is 0.337 e. The quantitative estimate of drug-likeness (QED) is 0.582. The summed E-state index contributed by atoms with van der Waals surface area (Å²) in [7, 11) is 0. The molecule has 0 heterocycles. The van der Waals surface area contributed by atoms with Crippen LogP contribution in [0, 0.1) is 0 Å². The zero-order valence-corrected chi connectivity index (χ0v) is 6.85. The van der Waals surface area contributed by atoms with Gasteiger partial charge in [0, 0.05) is 0 Å². The molecule has 1 aliphatic rings. The van der Waals surface area contributed by atoms with Crippen LogP contribution in [-0.4, -0.2) is 33.2 Å². The van der Waals surface area contributed by atoms with Crippen molar-refractivity contribution in [3.8, 4) is 0 Å². The van der Waals surface area contributed by atoms with E-state index in [9.17, 15) is 14.4 Å². The van der Waals surface area contributed by atoms with Gasteiger partial charge in [0.05, 0.1) is 16.7 Å². The van der Waals surface area contributed by atoms with Crippen molar-refractivity contribution in [3.63, 3.8) is 0 Å². The molecule has 0 bridgehead atoms. The first-order chi connectivity index (χ1) is 6.45.